The standard InChI is InChI=1S/C19H18N3O/c23-19(17-10-5-2-6-11-17)15-21-13-7-12-20-18(21)22(19)14-16-8-3-1-4-9-16/h1-13,23H,14-15H2/q+1/t19-/m1/s1. The van der Waals surface area contributed by atoms with Crippen LogP contribution in [0.5, 0.6) is 0 Å². The van der Waals surface area contributed by atoms with E-state index in [9.17, 15) is 5.11 Å². The summed E-state index contributed by atoms with van der Waals surface area (Å²) in [5.74, 6) is 0.780. The average Bonchev–Trinajstić information content (AvgIpc) is 2.90. The fourth-order valence-electron chi connectivity index (χ4n) is 3.15. The Balaban J connectivity index is 1.80. The van der Waals surface area contributed by atoms with Crippen molar-refractivity contribution < 1.29 is 9.67 Å². The molecule has 0 amide bonds. The molecule has 0 fully saturated rings. The first-order chi connectivity index (χ1) is 11.3. The summed E-state index contributed by atoms with van der Waals surface area (Å²) in [7, 11) is 0. The Kier molecular flexibility index (Phi) is 3.32. The molecule has 2 heterocycles. The van der Waals surface area contributed by atoms with Gasteiger partial charge in [-0.25, -0.2) is 9.47 Å². The molecule has 3 aromatic rings. The molecule has 23 heavy (non-hydrogen) atoms. The molecule has 1 aliphatic heterocycles. The SMILES string of the molecule is O[C@@]1(c2ccccc2)C[n+]2cccnc2N1Cc1ccccc1. The normalized spacial score (nSPS) is 19.6. The summed E-state index contributed by atoms with van der Waals surface area (Å²) < 4.78 is 2.00. The third-order valence-corrected chi connectivity index (χ3v) is 4.30. The molecule has 1 N–H and O–H groups in total. The highest BCUT2D eigenvalue weighted by molar-refractivity contribution is 5.39. The molecule has 114 valence electrons. The van der Waals surface area contributed by atoms with Crippen molar-refractivity contribution in [1.82, 2.24) is 4.98 Å². The van der Waals surface area contributed by atoms with Crippen molar-refractivity contribution >= 4 is 5.95 Å². The second-order valence-corrected chi connectivity index (χ2v) is 5.80. The largest absolute Gasteiger partial charge is 0.397 e. The molecule has 4 rings (SSSR count). The molecular weight excluding hydrogens is 286 g/mol. The van der Waals surface area contributed by atoms with E-state index in [1.165, 1.54) is 0 Å². The van der Waals surface area contributed by atoms with Gasteiger partial charge < -0.3 is 5.11 Å². The van der Waals surface area contributed by atoms with Crippen LogP contribution in [-0.4, -0.2) is 10.1 Å². The van der Waals surface area contributed by atoms with Crippen LogP contribution in [0.4, 0.5) is 5.95 Å². The van der Waals surface area contributed by atoms with Gasteiger partial charge in [-0.2, -0.15) is 0 Å². The van der Waals surface area contributed by atoms with Crippen molar-refractivity contribution in [2.75, 3.05) is 4.90 Å². The highest BCUT2D eigenvalue weighted by atomic mass is 16.3. The molecular formula is C19H18N3O+. The first-order valence-electron chi connectivity index (χ1n) is 7.71. The van der Waals surface area contributed by atoms with Gasteiger partial charge in [-0.1, -0.05) is 65.6 Å². The smallest absolute Gasteiger partial charge is 0.353 e. The fourth-order valence-corrected chi connectivity index (χ4v) is 3.15. The molecule has 1 aromatic heterocycles. The van der Waals surface area contributed by atoms with Crippen LogP contribution in [0.2, 0.25) is 0 Å². The minimum Gasteiger partial charge on any atom is -0.353 e. The van der Waals surface area contributed by atoms with Gasteiger partial charge in [0, 0.05) is 11.6 Å². The Morgan fingerprint density at radius 3 is 2.43 bits per heavy atom. The Morgan fingerprint density at radius 2 is 1.70 bits per heavy atom. The Bertz CT molecular complexity index is 807. The summed E-state index contributed by atoms with van der Waals surface area (Å²) in [4.78, 5) is 6.46. The van der Waals surface area contributed by atoms with Crippen LogP contribution in [0.25, 0.3) is 0 Å². The number of hydrogen-bond acceptors (Lipinski definition) is 3. The quantitative estimate of drug-likeness (QED) is 0.754. The molecule has 2 aromatic carbocycles. The van der Waals surface area contributed by atoms with E-state index in [0.717, 1.165) is 17.1 Å². The third-order valence-electron chi connectivity index (χ3n) is 4.30. The average molecular weight is 304 g/mol. The molecule has 0 saturated heterocycles. The number of anilines is 1. The number of hydrogen-bond donors (Lipinski definition) is 1. The van der Waals surface area contributed by atoms with Crippen LogP contribution < -0.4 is 9.47 Å². The van der Waals surface area contributed by atoms with Crippen molar-refractivity contribution in [1.29, 1.82) is 0 Å². The zero-order chi connectivity index (χ0) is 15.7. The van der Waals surface area contributed by atoms with Crippen LogP contribution in [0.3, 0.4) is 0 Å². The van der Waals surface area contributed by atoms with E-state index in [2.05, 4.69) is 17.1 Å². The first kappa shape index (κ1) is 13.9. The van der Waals surface area contributed by atoms with Crippen molar-refractivity contribution in [3.05, 3.63) is 90.3 Å². The van der Waals surface area contributed by atoms with Gasteiger partial charge in [-0.3, -0.25) is 0 Å². The first-order valence-corrected chi connectivity index (χ1v) is 7.71. The molecule has 0 unspecified atom stereocenters. The second kappa shape index (κ2) is 5.48. The van der Waals surface area contributed by atoms with E-state index in [1.807, 2.05) is 70.3 Å². The number of fused-ring (bicyclic) bond motifs is 1. The van der Waals surface area contributed by atoms with Crippen molar-refractivity contribution in [2.45, 2.75) is 18.8 Å². The van der Waals surface area contributed by atoms with Gasteiger partial charge in [-0.05, 0) is 5.56 Å². The van der Waals surface area contributed by atoms with Gasteiger partial charge in [-0.15, -0.1) is 0 Å². The van der Waals surface area contributed by atoms with Crippen LogP contribution >= 0.6 is 0 Å². The lowest BCUT2D eigenvalue weighted by molar-refractivity contribution is -0.685. The zero-order valence-corrected chi connectivity index (χ0v) is 12.7. The van der Waals surface area contributed by atoms with Gasteiger partial charge >= 0.3 is 5.95 Å². The Labute approximate surface area is 135 Å². The number of rotatable bonds is 3. The lowest BCUT2D eigenvalue weighted by Crippen LogP contribution is -2.45. The Morgan fingerprint density at radius 1 is 1.00 bits per heavy atom. The number of benzene rings is 2. The van der Waals surface area contributed by atoms with Gasteiger partial charge in [0.25, 0.3) is 0 Å². The van der Waals surface area contributed by atoms with E-state index >= 15 is 0 Å². The summed E-state index contributed by atoms with van der Waals surface area (Å²) in [6, 6.07) is 21.8. The second-order valence-electron chi connectivity index (χ2n) is 5.80. The number of aromatic nitrogens is 2. The predicted octanol–water partition coefficient (Wildman–Crippen LogP) is 2.23. The fraction of sp³-hybridized carbons (Fsp3) is 0.158. The molecule has 0 radical (unpaired) electrons. The lowest BCUT2D eigenvalue weighted by Gasteiger charge is -2.28. The van der Waals surface area contributed by atoms with Crippen molar-refractivity contribution in [2.24, 2.45) is 0 Å². The molecule has 1 aliphatic rings. The van der Waals surface area contributed by atoms with Crippen molar-refractivity contribution in [3.63, 3.8) is 0 Å². The summed E-state index contributed by atoms with van der Waals surface area (Å²) in [5.41, 5.74) is 0.917. The van der Waals surface area contributed by atoms with Gasteiger partial charge in [0.05, 0.1) is 12.7 Å². The number of aliphatic hydroxyl groups is 1. The molecule has 0 saturated carbocycles. The minimum absolute atomic E-state index is 0.465. The van der Waals surface area contributed by atoms with E-state index in [0.29, 0.717) is 13.1 Å². The molecule has 0 aliphatic carbocycles. The minimum atomic E-state index is -1.10. The van der Waals surface area contributed by atoms with Crippen molar-refractivity contribution in [3.8, 4) is 0 Å². The third kappa shape index (κ3) is 2.37. The maximum atomic E-state index is 11.5. The van der Waals surface area contributed by atoms with Crippen LogP contribution in [0.15, 0.2) is 79.1 Å². The molecule has 0 bridgehead atoms. The highest BCUT2D eigenvalue weighted by Gasteiger charge is 2.51. The molecule has 4 heteroatoms. The van der Waals surface area contributed by atoms with Gasteiger partial charge in [0.1, 0.15) is 12.7 Å². The summed E-state index contributed by atoms with van der Waals surface area (Å²) in [6.07, 6.45) is 3.72. The van der Waals surface area contributed by atoms with Gasteiger partial charge in [0.2, 0.25) is 5.72 Å². The lowest BCUT2D eigenvalue weighted by atomic mass is 10.0. The zero-order valence-electron chi connectivity index (χ0n) is 12.7. The molecule has 4 nitrogen and oxygen atoms in total. The van der Waals surface area contributed by atoms with Crippen LogP contribution in [0.1, 0.15) is 11.1 Å². The summed E-state index contributed by atoms with van der Waals surface area (Å²) in [5, 5.41) is 11.5. The monoisotopic (exact) mass is 304 g/mol. The topological polar surface area (TPSA) is 40.2 Å². The van der Waals surface area contributed by atoms with Crippen LogP contribution in [-0.2, 0) is 18.8 Å². The van der Waals surface area contributed by atoms with E-state index in [4.69, 9.17) is 0 Å². The van der Waals surface area contributed by atoms with E-state index < -0.39 is 5.72 Å². The van der Waals surface area contributed by atoms with E-state index in [-0.39, 0.29) is 0 Å². The maximum absolute atomic E-state index is 11.5. The molecule has 0 spiro atoms. The summed E-state index contributed by atoms with van der Waals surface area (Å²) >= 11 is 0. The molecule has 1 atom stereocenters. The van der Waals surface area contributed by atoms with E-state index in [1.54, 1.807) is 6.20 Å². The number of nitrogens with zero attached hydrogens (tertiary/aromatic N) is 3. The maximum Gasteiger partial charge on any atom is 0.397 e. The summed E-state index contributed by atoms with van der Waals surface area (Å²) in [6.45, 7) is 1.07. The Hall–Kier alpha value is -2.72. The predicted molar refractivity (Wildman–Crippen MR) is 87.4 cm³/mol. The van der Waals surface area contributed by atoms with Crippen LogP contribution in [0, 0.1) is 0 Å². The van der Waals surface area contributed by atoms with Gasteiger partial charge in [0.15, 0.2) is 0 Å². The highest BCUT2D eigenvalue weighted by Crippen LogP contribution is 2.34.